The Kier molecular flexibility index (Phi) is 5.47. The Balaban J connectivity index is 1.68. The van der Waals surface area contributed by atoms with Gasteiger partial charge in [0.05, 0.1) is 0 Å². The van der Waals surface area contributed by atoms with Crippen LogP contribution >= 0.6 is 0 Å². The first-order chi connectivity index (χ1) is 14.6. The maximum atomic E-state index is 12.9. The van der Waals surface area contributed by atoms with E-state index in [-0.39, 0.29) is 64.7 Å². The van der Waals surface area contributed by atoms with E-state index < -0.39 is 5.97 Å². The number of carbonyl (C=O) groups excluding carboxylic acids is 4. The van der Waals surface area contributed by atoms with Crippen LogP contribution in [0, 0.1) is 34.5 Å². The van der Waals surface area contributed by atoms with Crippen LogP contribution in [0.5, 0.6) is 0 Å². The van der Waals surface area contributed by atoms with E-state index in [4.69, 9.17) is 9.47 Å². The van der Waals surface area contributed by atoms with Crippen LogP contribution in [0.3, 0.4) is 0 Å². The molecule has 4 aliphatic rings. The highest BCUT2D eigenvalue weighted by molar-refractivity contribution is 5.93. The van der Waals surface area contributed by atoms with E-state index in [2.05, 4.69) is 13.8 Å². The van der Waals surface area contributed by atoms with Crippen LogP contribution in [0.15, 0.2) is 23.8 Å². The third kappa shape index (κ3) is 3.58. The maximum Gasteiger partial charge on any atom is 0.303 e. The lowest BCUT2D eigenvalue weighted by Crippen LogP contribution is -2.55. The fourth-order valence-corrected chi connectivity index (χ4v) is 7.18. The molecule has 0 aliphatic heterocycles. The Morgan fingerprint density at radius 3 is 2.48 bits per heavy atom. The lowest BCUT2D eigenvalue weighted by atomic mass is 9.47. The van der Waals surface area contributed by atoms with Gasteiger partial charge in [-0.1, -0.05) is 25.5 Å². The van der Waals surface area contributed by atoms with Gasteiger partial charge in [0, 0.05) is 37.5 Å². The number of hydrogen-bond acceptors (Lipinski definition) is 6. The minimum atomic E-state index is -0.441. The van der Waals surface area contributed by atoms with Crippen molar-refractivity contribution < 1.29 is 28.7 Å². The molecule has 0 saturated heterocycles. The monoisotopic (exact) mass is 428 g/mol. The summed E-state index contributed by atoms with van der Waals surface area (Å²) in [7, 11) is 0. The molecule has 0 aromatic rings. The van der Waals surface area contributed by atoms with E-state index in [0.717, 1.165) is 31.3 Å². The third-order valence-electron chi connectivity index (χ3n) is 8.63. The predicted octanol–water partition coefficient (Wildman–Crippen LogP) is 3.58. The van der Waals surface area contributed by atoms with Crippen LogP contribution < -0.4 is 0 Å². The normalized spacial score (nSPS) is 40.8. The Bertz CT molecular complexity index is 884. The molecule has 0 aromatic carbocycles. The van der Waals surface area contributed by atoms with Crippen molar-refractivity contribution in [3.63, 3.8) is 0 Å². The maximum absolute atomic E-state index is 12.9. The molecule has 0 heterocycles. The molecule has 2 fully saturated rings. The van der Waals surface area contributed by atoms with Crippen molar-refractivity contribution in [3.05, 3.63) is 23.8 Å². The van der Waals surface area contributed by atoms with Crippen LogP contribution in [-0.2, 0) is 28.7 Å². The Hall–Kier alpha value is -2.24. The van der Waals surface area contributed by atoms with Gasteiger partial charge in [-0.3, -0.25) is 19.2 Å². The summed E-state index contributed by atoms with van der Waals surface area (Å²) in [4.78, 5) is 48.2. The zero-order chi connectivity index (χ0) is 22.6. The molecule has 2 saturated carbocycles. The Morgan fingerprint density at radius 1 is 1.06 bits per heavy atom. The molecule has 0 spiro atoms. The average Bonchev–Trinajstić information content (AvgIpc) is 3.04. The summed E-state index contributed by atoms with van der Waals surface area (Å²) < 4.78 is 10.8. The van der Waals surface area contributed by atoms with Crippen LogP contribution in [0.4, 0.5) is 0 Å². The largest absolute Gasteiger partial charge is 0.458 e. The first-order valence-corrected chi connectivity index (χ1v) is 11.3. The fraction of sp³-hybridized carbons (Fsp3) is 0.680. The van der Waals surface area contributed by atoms with E-state index in [1.165, 1.54) is 13.8 Å². The zero-order valence-electron chi connectivity index (χ0n) is 18.8. The summed E-state index contributed by atoms with van der Waals surface area (Å²) in [6, 6.07) is 0. The number of carbonyl (C=O) groups is 4. The number of rotatable bonds is 4. The average molecular weight is 429 g/mol. The summed E-state index contributed by atoms with van der Waals surface area (Å²) in [6.07, 6.45) is 9.21. The van der Waals surface area contributed by atoms with E-state index in [0.29, 0.717) is 6.42 Å². The first-order valence-electron chi connectivity index (χ1n) is 11.3. The topological polar surface area (TPSA) is 86.7 Å². The van der Waals surface area contributed by atoms with Gasteiger partial charge in [-0.05, 0) is 55.1 Å². The second-order valence-corrected chi connectivity index (χ2v) is 10.2. The van der Waals surface area contributed by atoms with Crippen molar-refractivity contribution in [1.82, 2.24) is 0 Å². The highest BCUT2D eigenvalue weighted by Gasteiger charge is 2.62. The Labute approximate surface area is 183 Å². The van der Waals surface area contributed by atoms with Gasteiger partial charge >= 0.3 is 11.9 Å². The van der Waals surface area contributed by atoms with Gasteiger partial charge in [0.1, 0.15) is 12.7 Å². The van der Waals surface area contributed by atoms with E-state index >= 15 is 0 Å². The number of hydrogen-bond donors (Lipinski definition) is 0. The number of allylic oxidation sites excluding steroid dienone is 3. The number of Topliss-reactive ketones (excluding diaryl/α,β-unsaturated/α-hetero) is 1. The standard InChI is InChI=1S/C25H32O6/c1-14(26)30-13-21(29)18-5-6-19-23-20(8-10-25(18,19)4)24(3)9-7-17(28)11-16(24)12-22(23)31-15(2)27/h7,9,12,18-20,22-23H,5-6,8,10-11,13H2,1-4H3/t18-,19+,20+,22?,23+,24+,25-/m1/s1. The lowest BCUT2D eigenvalue weighted by Gasteiger charge is -2.57. The molecule has 0 radical (unpaired) electrons. The van der Waals surface area contributed by atoms with Crippen molar-refractivity contribution >= 4 is 23.5 Å². The van der Waals surface area contributed by atoms with Crippen LogP contribution in [0.25, 0.3) is 0 Å². The van der Waals surface area contributed by atoms with Gasteiger partial charge < -0.3 is 9.47 Å². The molecule has 6 nitrogen and oxygen atoms in total. The molecule has 168 valence electrons. The number of ketones is 2. The fourth-order valence-electron chi connectivity index (χ4n) is 7.18. The van der Waals surface area contributed by atoms with Crippen LogP contribution in [-0.4, -0.2) is 36.2 Å². The van der Waals surface area contributed by atoms with Crippen LogP contribution in [0.2, 0.25) is 0 Å². The summed E-state index contributed by atoms with van der Waals surface area (Å²) in [5, 5.41) is 0. The third-order valence-corrected chi connectivity index (χ3v) is 8.63. The van der Waals surface area contributed by atoms with Crippen molar-refractivity contribution in [2.75, 3.05) is 6.61 Å². The minimum Gasteiger partial charge on any atom is -0.458 e. The molecule has 4 rings (SSSR count). The SMILES string of the molecule is CC(=O)OCC(=O)[C@H]1CC[C@H]2[C@@H]3C(OC(C)=O)C=C4CC(=O)C=C[C@]4(C)[C@H]3CC[C@]12C. The summed E-state index contributed by atoms with van der Waals surface area (Å²) in [5.74, 6) is -0.273. The van der Waals surface area contributed by atoms with Crippen LogP contribution in [0.1, 0.15) is 59.8 Å². The quantitative estimate of drug-likeness (QED) is 0.502. The first kappa shape index (κ1) is 22.0. The molecule has 1 unspecified atom stereocenters. The van der Waals surface area contributed by atoms with Gasteiger partial charge in [-0.25, -0.2) is 0 Å². The van der Waals surface area contributed by atoms with Gasteiger partial charge in [0.25, 0.3) is 0 Å². The van der Waals surface area contributed by atoms with Crippen molar-refractivity contribution in [2.24, 2.45) is 34.5 Å². The lowest BCUT2D eigenvalue weighted by molar-refractivity contribution is -0.157. The molecule has 31 heavy (non-hydrogen) atoms. The number of ether oxygens (including phenoxy) is 2. The number of esters is 2. The minimum absolute atomic E-state index is 0.0101. The summed E-state index contributed by atoms with van der Waals surface area (Å²) in [5.41, 5.74) is 0.611. The molecule has 0 aromatic heterocycles. The van der Waals surface area contributed by atoms with E-state index in [9.17, 15) is 19.2 Å². The van der Waals surface area contributed by atoms with E-state index in [1.807, 2.05) is 12.2 Å². The second-order valence-electron chi connectivity index (χ2n) is 10.2. The molecule has 0 N–H and O–H groups in total. The van der Waals surface area contributed by atoms with Crippen molar-refractivity contribution in [1.29, 1.82) is 0 Å². The van der Waals surface area contributed by atoms with Gasteiger partial charge in [-0.15, -0.1) is 0 Å². The second kappa shape index (κ2) is 7.72. The molecule has 0 bridgehead atoms. The highest BCUT2D eigenvalue weighted by atomic mass is 16.5. The molecular formula is C25H32O6. The van der Waals surface area contributed by atoms with E-state index in [1.54, 1.807) is 6.08 Å². The molecule has 4 aliphatic carbocycles. The predicted molar refractivity (Wildman–Crippen MR) is 113 cm³/mol. The Morgan fingerprint density at radius 2 is 1.81 bits per heavy atom. The van der Waals surface area contributed by atoms with Gasteiger partial charge in [-0.2, -0.15) is 0 Å². The molecular weight excluding hydrogens is 396 g/mol. The molecule has 7 atom stereocenters. The highest BCUT2D eigenvalue weighted by Crippen LogP contribution is 2.65. The van der Waals surface area contributed by atoms with Gasteiger partial charge in [0.2, 0.25) is 0 Å². The zero-order valence-corrected chi connectivity index (χ0v) is 18.8. The number of fused-ring (bicyclic) bond motifs is 5. The van der Waals surface area contributed by atoms with Crippen molar-refractivity contribution in [3.8, 4) is 0 Å². The molecule has 0 amide bonds. The van der Waals surface area contributed by atoms with Gasteiger partial charge in [0.15, 0.2) is 11.6 Å². The summed E-state index contributed by atoms with van der Waals surface area (Å²) >= 11 is 0. The smallest absolute Gasteiger partial charge is 0.303 e. The summed E-state index contributed by atoms with van der Waals surface area (Å²) in [6.45, 7) is 6.95. The van der Waals surface area contributed by atoms with Crippen molar-refractivity contribution in [2.45, 2.75) is 65.9 Å². The molecule has 6 heteroatoms.